The third kappa shape index (κ3) is 3.55. The first-order valence-electron chi connectivity index (χ1n) is 6.61. The molecule has 1 fully saturated rings. The second-order valence-electron chi connectivity index (χ2n) is 5.40. The van der Waals surface area contributed by atoms with Gasteiger partial charge in [0, 0.05) is 6.04 Å². The van der Waals surface area contributed by atoms with Crippen molar-refractivity contribution in [3.8, 4) is 0 Å². The van der Waals surface area contributed by atoms with Crippen LogP contribution in [0.1, 0.15) is 50.2 Å². The van der Waals surface area contributed by atoms with E-state index in [1.54, 1.807) is 0 Å². The number of hydrogen-bond acceptors (Lipinski definition) is 2. The van der Waals surface area contributed by atoms with E-state index < -0.39 is 0 Å². The Morgan fingerprint density at radius 2 is 1.94 bits per heavy atom. The van der Waals surface area contributed by atoms with Crippen molar-refractivity contribution in [3.63, 3.8) is 0 Å². The van der Waals surface area contributed by atoms with E-state index in [0.717, 1.165) is 25.9 Å². The summed E-state index contributed by atoms with van der Waals surface area (Å²) in [7, 11) is 0. The number of nitrogens with two attached hydrogens (primary N) is 1. The average Bonchev–Trinajstić information content (AvgIpc) is 2.73. The van der Waals surface area contributed by atoms with Crippen LogP contribution in [0.3, 0.4) is 0 Å². The monoisotopic (exact) mass is 233 g/mol. The summed E-state index contributed by atoms with van der Waals surface area (Å²) in [6, 6.07) is 9.09. The van der Waals surface area contributed by atoms with Crippen molar-refractivity contribution in [3.05, 3.63) is 35.4 Å². The van der Waals surface area contributed by atoms with Crippen LogP contribution in [0.25, 0.3) is 0 Å². The van der Waals surface area contributed by atoms with E-state index >= 15 is 0 Å². The minimum absolute atomic E-state index is 0.350. The van der Waals surface area contributed by atoms with Crippen LogP contribution in [0.4, 0.5) is 0 Å². The lowest BCUT2D eigenvalue weighted by Crippen LogP contribution is -2.17. The number of ether oxygens (including phenoxy) is 1. The van der Waals surface area contributed by atoms with Crippen LogP contribution in [-0.4, -0.2) is 12.1 Å². The molecular formula is C15H23NO. The van der Waals surface area contributed by atoms with E-state index in [9.17, 15) is 0 Å². The van der Waals surface area contributed by atoms with Crippen molar-refractivity contribution in [2.24, 2.45) is 5.73 Å². The van der Waals surface area contributed by atoms with Gasteiger partial charge in [0.15, 0.2) is 0 Å². The Labute approximate surface area is 104 Å². The van der Waals surface area contributed by atoms with Gasteiger partial charge in [-0.15, -0.1) is 0 Å². The maximum Gasteiger partial charge on any atom is 0.0720 e. The minimum atomic E-state index is 0.350. The van der Waals surface area contributed by atoms with Gasteiger partial charge in [0.2, 0.25) is 0 Å². The smallest absolute Gasteiger partial charge is 0.0720 e. The van der Waals surface area contributed by atoms with E-state index in [1.807, 2.05) is 0 Å². The van der Waals surface area contributed by atoms with Gasteiger partial charge >= 0.3 is 0 Å². The highest BCUT2D eigenvalue weighted by molar-refractivity contribution is 5.24. The molecule has 2 atom stereocenters. The zero-order valence-corrected chi connectivity index (χ0v) is 10.9. The van der Waals surface area contributed by atoms with Crippen molar-refractivity contribution in [2.75, 3.05) is 0 Å². The molecule has 94 valence electrons. The van der Waals surface area contributed by atoms with E-state index in [4.69, 9.17) is 10.5 Å². The van der Waals surface area contributed by atoms with Crippen LogP contribution in [0.5, 0.6) is 0 Å². The Balaban J connectivity index is 1.83. The molecule has 0 saturated heterocycles. The fourth-order valence-electron chi connectivity index (χ4n) is 2.34. The van der Waals surface area contributed by atoms with Crippen LogP contribution in [0.15, 0.2) is 24.3 Å². The highest BCUT2D eigenvalue weighted by Crippen LogP contribution is 2.22. The molecule has 2 heteroatoms. The molecule has 1 saturated carbocycles. The quantitative estimate of drug-likeness (QED) is 0.866. The van der Waals surface area contributed by atoms with Crippen molar-refractivity contribution in [1.29, 1.82) is 0 Å². The topological polar surface area (TPSA) is 35.2 Å². The zero-order chi connectivity index (χ0) is 12.3. The SMILES string of the molecule is CC(C)c1ccc(COC2CCC(N)C2)cc1. The summed E-state index contributed by atoms with van der Waals surface area (Å²) in [6.07, 6.45) is 3.61. The Bertz CT molecular complexity index is 344. The molecule has 2 N–H and O–H groups in total. The van der Waals surface area contributed by atoms with Gasteiger partial charge in [-0.25, -0.2) is 0 Å². The molecular weight excluding hydrogens is 210 g/mol. The first kappa shape index (κ1) is 12.6. The summed E-state index contributed by atoms with van der Waals surface area (Å²) >= 11 is 0. The molecule has 0 aliphatic heterocycles. The van der Waals surface area contributed by atoms with Crippen LogP contribution in [-0.2, 0) is 11.3 Å². The first-order chi connectivity index (χ1) is 8.15. The summed E-state index contributed by atoms with van der Waals surface area (Å²) in [4.78, 5) is 0. The molecule has 0 aromatic heterocycles. The lowest BCUT2D eigenvalue weighted by Gasteiger charge is -2.12. The van der Waals surface area contributed by atoms with Crippen LogP contribution < -0.4 is 5.73 Å². The fourth-order valence-corrected chi connectivity index (χ4v) is 2.34. The summed E-state index contributed by atoms with van der Waals surface area (Å²) in [6.45, 7) is 5.15. The molecule has 1 aromatic rings. The molecule has 0 radical (unpaired) electrons. The summed E-state index contributed by atoms with van der Waals surface area (Å²) in [5.41, 5.74) is 8.51. The van der Waals surface area contributed by atoms with E-state index in [0.29, 0.717) is 18.1 Å². The normalized spacial score (nSPS) is 24.5. The summed E-state index contributed by atoms with van der Waals surface area (Å²) in [5, 5.41) is 0. The minimum Gasteiger partial charge on any atom is -0.373 e. The maximum absolute atomic E-state index is 5.88. The molecule has 2 rings (SSSR count). The third-order valence-electron chi connectivity index (χ3n) is 3.56. The van der Waals surface area contributed by atoms with Crippen LogP contribution in [0.2, 0.25) is 0 Å². The number of rotatable bonds is 4. The van der Waals surface area contributed by atoms with Crippen molar-refractivity contribution < 1.29 is 4.74 Å². The number of hydrogen-bond donors (Lipinski definition) is 1. The van der Waals surface area contributed by atoms with Gasteiger partial charge in [-0.1, -0.05) is 38.1 Å². The van der Waals surface area contributed by atoms with Crippen LogP contribution >= 0.6 is 0 Å². The molecule has 0 amide bonds. The molecule has 0 bridgehead atoms. The molecule has 2 unspecified atom stereocenters. The van der Waals surface area contributed by atoms with Gasteiger partial charge < -0.3 is 10.5 Å². The highest BCUT2D eigenvalue weighted by atomic mass is 16.5. The van der Waals surface area contributed by atoms with Crippen molar-refractivity contribution in [1.82, 2.24) is 0 Å². The van der Waals surface area contributed by atoms with E-state index in [-0.39, 0.29) is 0 Å². The van der Waals surface area contributed by atoms with Gasteiger partial charge in [-0.3, -0.25) is 0 Å². The first-order valence-corrected chi connectivity index (χ1v) is 6.61. The Kier molecular flexibility index (Phi) is 4.19. The number of benzene rings is 1. The zero-order valence-electron chi connectivity index (χ0n) is 10.9. The van der Waals surface area contributed by atoms with Gasteiger partial charge in [0.25, 0.3) is 0 Å². The molecule has 2 nitrogen and oxygen atoms in total. The Morgan fingerprint density at radius 3 is 2.47 bits per heavy atom. The van der Waals surface area contributed by atoms with Gasteiger partial charge in [-0.2, -0.15) is 0 Å². The second-order valence-corrected chi connectivity index (χ2v) is 5.40. The maximum atomic E-state index is 5.88. The average molecular weight is 233 g/mol. The lowest BCUT2D eigenvalue weighted by molar-refractivity contribution is 0.0448. The van der Waals surface area contributed by atoms with Gasteiger partial charge in [-0.05, 0) is 36.3 Å². The van der Waals surface area contributed by atoms with Crippen molar-refractivity contribution in [2.45, 2.75) is 57.8 Å². The fraction of sp³-hybridized carbons (Fsp3) is 0.600. The van der Waals surface area contributed by atoms with E-state index in [2.05, 4.69) is 38.1 Å². The molecule has 17 heavy (non-hydrogen) atoms. The van der Waals surface area contributed by atoms with E-state index in [1.165, 1.54) is 11.1 Å². The largest absolute Gasteiger partial charge is 0.373 e. The molecule has 1 aliphatic carbocycles. The molecule has 1 aliphatic rings. The lowest BCUT2D eigenvalue weighted by atomic mass is 10.0. The van der Waals surface area contributed by atoms with Gasteiger partial charge in [0.05, 0.1) is 12.7 Å². The Morgan fingerprint density at radius 1 is 1.24 bits per heavy atom. The third-order valence-corrected chi connectivity index (χ3v) is 3.56. The second kappa shape index (κ2) is 5.65. The molecule has 1 aromatic carbocycles. The molecule has 0 spiro atoms. The van der Waals surface area contributed by atoms with Gasteiger partial charge in [0.1, 0.15) is 0 Å². The summed E-state index contributed by atoms with van der Waals surface area (Å²) < 4.78 is 5.88. The van der Waals surface area contributed by atoms with Crippen LogP contribution in [0, 0.1) is 0 Å². The predicted molar refractivity (Wildman–Crippen MR) is 70.9 cm³/mol. The predicted octanol–water partition coefficient (Wildman–Crippen LogP) is 3.21. The Hall–Kier alpha value is -0.860. The standard InChI is InChI=1S/C15H23NO/c1-11(2)13-5-3-12(4-6-13)10-17-15-8-7-14(16)9-15/h3-6,11,14-15H,7-10,16H2,1-2H3. The highest BCUT2D eigenvalue weighted by Gasteiger charge is 2.21. The summed E-state index contributed by atoms with van der Waals surface area (Å²) in [5.74, 6) is 0.595. The molecule has 0 heterocycles. The van der Waals surface area contributed by atoms with Crippen molar-refractivity contribution >= 4 is 0 Å².